The van der Waals surface area contributed by atoms with Gasteiger partial charge in [-0.3, -0.25) is 0 Å². The number of hydrogen-bond acceptors (Lipinski definition) is 2. The second kappa shape index (κ2) is 4.07. The van der Waals surface area contributed by atoms with Crippen LogP contribution in [0.3, 0.4) is 0 Å². The van der Waals surface area contributed by atoms with Gasteiger partial charge in [0.2, 0.25) is 0 Å². The van der Waals surface area contributed by atoms with Gasteiger partial charge in [0.15, 0.2) is 0 Å². The smallest absolute Gasteiger partial charge is 0.0555 e. The van der Waals surface area contributed by atoms with E-state index in [2.05, 4.69) is 3.53 Å². The van der Waals surface area contributed by atoms with E-state index >= 15 is 0 Å². The minimum atomic E-state index is 1.44. The molecule has 3 heteroatoms. The molecule has 0 radical (unpaired) electrons. The second-order valence-corrected chi connectivity index (χ2v) is 1.09. The molecular formula is C2H5IN2. The Balaban J connectivity index is 2.62. The highest BCUT2D eigenvalue weighted by atomic mass is 127. The Labute approximate surface area is 44.9 Å². The molecule has 0 aromatic rings. The summed E-state index contributed by atoms with van der Waals surface area (Å²) in [6, 6.07) is 0. The van der Waals surface area contributed by atoms with Gasteiger partial charge in [-0.2, -0.15) is 0 Å². The summed E-state index contributed by atoms with van der Waals surface area (Å²) in [4.78, 5) is 0. The van der Waals surface area contributed by atoms with Gasteiger partial charge in [-0.05, 0) is 0 Å². The highest BCUT2D eigenvalue weighted by Crippen LogP contribution is 1.63. The van der Waals surface area contributed by atoms with E-state index in [1.54, 1.807) is 6.20 Å². The van der Waals surface area contributed by atoms with Crippen LogP contribution in [0.25, 0.3) is 0 Å². The number of rotatable bonds is 1. The van der Waals surface area contributed by atoms with Gasteiger partial charge < -0.3 is 9.26 Å². The molecule has 0 aliphatic carbocycles. The molecule has 3 N–H and O–H groups in total. The molecule has 0 rings (SSSR count). The molecule has 0 fully saturated rings. The van der Waals surface area contributed by atoms with E-state index in [-0.39, 0.29) is 0 Å². The zero-order valence-corrected chi connectivity index (χ0v) is 4.77. The third-order valence-electron chi connectivity index (χ3n) is 0.159. The largest absolute Gasteiger partial charge is 0.403 e. The van der Waals surface area contributed by atoms with Crippen LogP contribution in [-0.2, 0) is 0 Å². The van der Waals surface area contributed by atoms with Crippen molar-refractivity contribution in [3.05, 3.63) is 12.4 Å². The molecule has 0 heterocycles. The molecule has 0 amide bonds. The van der Waals surface area contributed by atoms with Gasteiger partial charge in [0.25, 0.3) is 0 Å². The van der Waals surface area contributed by atoms with Crippen LogP contribution in [0.4, 0.5) is 0 Å². The van der Waals surface area contributed by atoms with Crippen LogP contribution in [-0.4, -0.2) is 0 Å². The van der Waals surface area contributed by atoms with E-state index in [9.17, 15) is 0 Å². The van der Waals surface area contributed by atoms with Crippen molar-refractivity contribution in [2.75, 3.05) is 0 Å². The van der Waals surface area contributed by atoms with E-state index in [1.165, 1.54) is 6.20 Å². The van der Waals surface area contributed by atoms with Crippen molar-refractivity contribution in [1.82, 2.24) is 3.53 Å². The monoisotopic (exact) mass is 184 g/mol. The molecule has 0 spiro atoms. The first-order valence-electron chi connectivity index (χ1n) is 1.14. The molecule has 30 valence electrons. The number of hydrogen-bond donors (Lipinski definition) is 2. The summed E-state index contributed by atoms with van der Waals surface area (Å²) < 4.78 is 2.68. The van der Waals surface area contributed by atoms with Crippen molar-refractivity contribution in [3.8, 4) is 0 Å². The van der Waals surface area contributed by atoms with E-state index in [4.69, 9.17) is 5.73 Å². The van der Waals surface area contributed by atoms with Crippen LogP contribution < -0.4 is 9.26 Å². The summed E-state index contributed by atoms with van der Waals surface area (Å²) >= 11 is 1.97. The van der Waals surface area contributed by atoms with Crippen molar-refractivity contribution in [3.63, 3.8) is 0 Å². The van der Waals surface area contributed by atoms with E-state index in [0.717, 1.165) is 0 Å². The van der Waals surface area contributed by atoms with Crippen molar-refractivity contribution in [2.24, 2.45) is 5.73 Å². The van der Waals surface area contributed by atoms with Crippen molar-refractivity contribution in [2.45, 2.75) is 0 Å². The predicted molar refractivity (Wildman–Crippen MR) is 30.5 cm³/mol. The van der Waals surface area contributed by atoms with Gasteiger partial charge >= 0.3 is 0 Å². The Morgan fingerprint density at radius 1 is 1.80 bits per heavy atom. The van der Waals surface area contributed by atoms with Gasteiger partial charge in [-0.15, -0.1) is 0 Å². The summed E-state index contributed by atoms with van der Waals surface area (Å²) in [6.45, 7) is 0. The first-order chi connectivity index (χ1) is 2.41. The molecule has 0 bridgehead atoms. The minimum Gasteiger partial charge on any atom is -0.403 e. The van der Waals surface area contributed by atoms with Gasteiger partial charge in [-0.25, -0.2) is 0 Å². The first-order valence-corrected chi connectivity index (χ1v) is 2.22. The van der Waals surface area contributed by atoms with Crippen molar-refractivity contribution >= 4 is 22.9 Å². The van der Waals surface area contributed by atoms with Gasteiger partial charge in [0, 0.05) is 12.4 Å². The zero-order chi connectivity index (χ0) is 4.12. The van der Waals surface area contributed by atoms with Crippen LogP contribution in [0.15, 0.2) is 12.4 Å². The fraction of sp³-hybridized carbons (Fsp3) is 0. The third kappa shape index (κ3) is 4.07. The first kappa shape index (κ1) is 5.07. The molecule has 0 aliphatic rings. The fourth-order valence-corrected chi connectivity index (χ4v) is 0.244. The average molecular weight is 184 g/mol. The quantitative estimate of drug-likeness (QED) is 0.456. The van der Waals surface area contributed by atoms with Crippen LogP contribution >= 0.6 is 22.9 Å². The maximum Gasteiger partial charge on any atom is 0.0555 e. The summed E-state index contributed by atoms with van der Waals surface area (Å²) in [7, 11) is 0. The van der Waals surface area contributed by atoms with Crippen LogP contribution in [0, 0.1) is 0 Å². The maximum atomic E-state index is 4.89. The Kier molecular flexibility index (Phi) is 4.13. The number of nitrogens with one attached hydrogen (secondary N) is 1. The predicted octanol–water partition coefficient (Wildman–Crippen LogP) is 0.356. The Hall–Kier alpha value is 0.0700. The van der Waals surface area contributed by atoms with Crippen LogP contribution in [0.2, 0.25) is 0 Å². The van der Waals surface area contributed by atoms with Gasteiger partial charge in [0.1, 0.15) is 0 Å². The topological polar surface area (TPSA) is 38.0 Å². The molecule has 0 atom stereocenters. The molecule has 0 aromatic heterocycles. The summed E-state index contributed by atoms with van der Waals surface area (Å²) in [5.74, 6) is 0. The Morgan fingerprint density at radius 2 is 2.40 bits per heavy atom. The molecule has 0 aromatic carbocycles. The lowest BCUT2D eigenvalue weighted by molar-refractivity contribution is 1.43. The van der Waals surface area contributed by atoms with E-state index in [0.29, 0.717) is 0 Å². The summed E-state index contributed by atoms with van der Waals surface area (Å²) in [5.41, 5.74) is 4.89. The molecule has 0 unspecified atom stereocenters. The average Bonchev–Trinajstić information content (AvgIpc) is 1.41. The lowest BCUT2D eigenvalue weighted by atomic mass is 11.0. The van der Waals surface area contributed by atoms with Gasteiger partial charge in [0.05, 0.1) is 22.9 Å². The number of halogens is 1. The van der Waals surface area contributed by atoms with E-state index < -0.39 is 0 Å². The number of nitrogens with two attached hydrogens (primary N) is 1. The fourth-order valence-electron chi connectivity index (χ4n) is 0.0364. The molecule has 0 saturated heterocycles. The van der Waals surface area contributed by atoms with Crippen molar-refractivity contribution in [1.29, 1.82) is 0 Å². The maximum absolute atomic E-state index is 4.89. The van der Waals surface area contributed by atoms with Crippen LogP contribution in [0.1, 0.15) is 0 Å². The molecule has 5 heavy (non-hydrogen) atoms. The SMILES string of the molecule is N/C=C\NI. The Bertz CT molecular complexity index is 34.6. The zero-order valence-electron chi connectivity index (χ0n) is 2.61. The summed E-state index contributed by atoms with van der Waals surface area (Å²) in [6.07, 6.45) is 3.08. The molecule has 0 aliphatic heterocycles. The molecule has 0 saturated carbocycles. The van der Waals surface area contributed by atoms with E-state index in [1.807, 2.05) is 22.9 Å². The van der Waals surface area contributed by atoms with Crippen molar-refractivity contribution < 1.29 is 0 Å². The lowest BCUT2D eigenvalue weighted by Crippen LogP contribution is -1.83. The standard InChI is InChI=1S/C2H5IN2/c3-5-2-1-4/h1-2,5H,4H2/b2-1-. The third-order valence-corrected chi connectivity index (χ3v) is 0.519. The minimum absolute atomic E-state index is 1.44. The second-order valence-electron chi connectivity index (χ2n) is 0.468. The normalized spacial score (nSPS) is 9.00. The highest BCUT2D eigenvalue weighted by molar-refractivity contribution is 14.1. The molecular weight excluding hydrogens is 179 g/mol. The summed E-state index contributed by atoms with van der Waals surface area (Å²) in [5, 5.41) is 0. The Morgan fingerprint density at radius 3 is 2.40 bits per heavy atom. The van der Waals surface area contributed by atoms with Crippen LogP contribution in [0.5, 0.6) is 0 Å². The highest BCUT2D eigenvalue weighted by Gasteiger charge is 1.47. The molecule has 2 nitrogen and oxygen atoms in total. The lowest BCUT2D eigenvalue weighted by Gasteiger charge is -1.72. The van der Waals surface area contributed by atoms with Gasteiger partial charge in [-0.1, -0.05) is 0 Å².